The highest BCUT2D eigenvalue weighted by atomic mass is 35.5. The van der Waals surface area contributed by atoms with E-state index in [4.69, 9.17) is 16.1 Å². The molecule has 0 amide bonds. The van der Waals surface area contributed by atoms with Gasteiger partial charge < -0.3 is 4.52 Å². The monoisotopic (exact) mass is 400 g/mol. The summed E-state index contributed by atoms with van der Waals surface area (Å²) in [6, 6.07) is 5.18. The molecule has 0 aliphatic heterocycles. The molecule has 1 aromatic carbocycles. The minimum absolute atomic E-state index is 0.126. The number of aromatic nitrogens is 1. The van der Waals surface area contributed by atoms with Gasteiger partial charge in [0.1, 0.15) is 10.7 Å². The number of nitrogens with one attached hydrogen (secondary N) is 1. The summed E-state index contributed by atoms with van der Waals surface area (Å²) in [5.41, 5.74) is 1.80. The fourth-order valence-corrected chi connectivity index (χ4v) is 5.12. The first-order chi connectivity index (χ1) is 11.7. The zero-order valence-electron chi connectivity index (χ0n) is 13.6. The molecule has 0 spiro atoms. The number of hydrogen-bond donors (Lipinski definition) is 1. The van der Waals surface area contributed by atoms with Crippen molar-refractivity contribution in [2.45, 2.75) is 25.7 Å². The third-order valence-electron chi connectivity index (χ3n) is 3.71. The van der Waals surface area contributed by atoms with Crippen LogP contribution in [0.4, 0.5) is 10.1 Å². The summed E-state index contributed by atoms with van der Waals surface area (Å²) in [4.78, 5) is 1.40. The van der Waals surface area contributed by atoms with Gasteiger partial charge in [0.2, 0.25) is 0 Å². The molecule has 0 saturated heterocycles. The van der Waals surface area contributed by atoms with Crippen molar-refractivity contribution >= 4 is 38.6 Å². The van der Waals surface area contributed by atoms with Gasteiger partial charge in [-0.25, -0.2) is 12.8 Å². The average molecular weight is 401 g/mol. The van der Waals surface area contributed by atoms with Crippen LogP contribution in [0.3, 0.4) is 0 Å². The van der Waals surface area contributed by atoms with E-state index in [1.807, 2.05) is 13.8 Å². The smallest absolute Gasteiger partial charge is 0.263 e. The van der Waals surface area contributed by atoms with E-state index >= 15 is 0 Å². The van der Waals surface area contributed by atoms with Crippen molar-refractivity contribution in [2.24, 2.45) is 0 Å². The van der Waals surface area contributed by atoms with Gasteiger partial charge in [-0.2, -0.15) is 0 Å². The maximum atomic E-state index is 13.2. The maximum Gasteiger partial charge on any atom is 0.263 e. The van der Waals surface area contributed by atoms with Gasteiger partial charge in [0.05, 0.1) is 21.3 Å². The number of benzene rings is 1. The summed E-state index contributed by atoms with van der Waals surface area (Å²) >= 11 is 7.00. The molecule has 0 atom stereocenters. The molecule has 3 aromatic rings. The second-order valence-electron chi connectivity index (χ2n) is 5.49. The first-order valence-electron chi connectivity index (χ1n) is 7.20. The summed E-state index contributed by atoms with van der Waals surface area (Å²) in [6.07, 6.45) is 0. The molecular weight excluding hydrogens is 387 g/mol. The van der Waals surface area contributed by atoms with Gasteiger partial charge in [-0.05, 0) is 45.0 Å². The lowest BCUT2D eigenvalue weighted by molar-refractivity contribution is 0.427. The lowest BCUT2D eigenvalue weighted by atomic mass is 10.2. The van der Waals surface area contributed by atoms with Crippen molar-refractivity contribution in [1.82, 2.24) is 5.16 Å². The van der Waals surface area contributed by atoms with Crippen LogP contribution < -0.4 is 4.72 Å². The Morgan fingerprint density at radius 3 is 2.56 bits per heavy atom. The number of thiophene rings is 1. The molecule has 132 valence electrons. The van der Waals surface area contributed by atoms with E-state index in [0.29, 0.717) is 15.5 Å². The van der Waals surface area contributed by atoms with Crippen molar-refractivity contribution in [1.29, 1.82) is 0 Å². The van der Waals surface area contributed by atoms with Gasteiger partial charge in [-0.1, -0.05) is 16.8 Å². The van der Waals surface area contributed by atoms with Crippen molar-refractivity contribution in [3.8, 4) is 10.6 Å². The van der Waals surface area contributed by atoms with Crippen LogP contribution in [-0.2, 0) is 10.0 Å². The van der Waals surface area contributed by atoms with E-state index in [-0.39, 0.29) is 15.6 Å². The van der Waals surface area contributed by atoms with Crippen LogP contribution in [0.5, 0.6) is 0 Å². The highest BCUT2D eigenvalue weighted by Gasteiger charge is 2.23. The van der Waals surface area contributed by atoms with Gasteiger partial charge in [0, 0.05) is 10.4 Å². The second-order valence-corrected chi connectivity index (χ2v) is 8.80. The Morgan fingerprint density at radius 1 is 1.24 bits per heavy atom. The van der Waals surface area contributed by atoms with Crippen LogP contribution in [0.2, 0.25) is 5.02 Å². The number of anilines is 1. The molecule has 9 heteroatoms. The van der Waals surface area contributed by atoms with E-state index in [0.717, 1.165) is 17.3 Å². The second kappa shape index (κ2) is 6.44. The summed E-state index contributed by atoms with van der Waals surface area (Å²) in [7, 11) is -3.85. The predicted octanol–water partition coefficient (Wildman–Crippen LogP) is 4.92. The van der Waals surface area contributed by atoms with E-state index in [9.17, 15) is 12.8 Å². The Balaban J connectivity index is 1.97. The minimum Gasteiger partial charge on any atom is -0.355 e. The first-order valence-corrected chi connectivity index (χ1v) is 9.88. The van der Waals surface area contributed by atoms with Gasteiger partial charge >= 0.3 is 0 Å². The SMILES string of the molecule is Cc1noc(-c2cc(S(=O)(=O)Nc3ccc(F)c(Cl)c3)c(C)s2)c1C. The standard InChI is InChI=1S/C16H14ClFN2O3S2/c1-8-9(2)19-23-16(8)14-7-15(10(3)24-14)25(21,22)20-11-4-5-13(18)12(17)6-11/h4-7,20H,1-3H3. The molecule has 5 nitrogen and oxygen atoms in total. The maximum absolute atomic E-state index is 13.2. The summed E-state index contributed by atoms with van der Waals surface area (Å²) in [6.45, 7) is 5.39. The van der Waals surface area contributed by atoms with Crippen molar-refractivity contribution < 1.29 is 17.3 Å². The highest BCUT2D eigenvalue weighted by molar-refractivity contribution is 7.93. The van der Waals surface area contributed by atoms with Crippen LogP contribution in [0.1, 0.15) is 16.1 Å². The lowest BCUT2D eigenvalue weighted by Gasteiger charge is -2.08. The molecule has 0 bridgehead atoms. The number of aryl methyl sites for hydroxylation is 2. The molecule has 0 radical (unpaired) electrons. The topological polar surface area (TPSA) is 72.2 Å². The Kier molecular flexibility index (Phi) is 4.61. The molecular formula is C16H14ClFN2O3S2. The van der Waals surface area contributed by atoms with Gasteiger partial charge in [0.25, 0.3) is 10.0 Å². The number of halogens is 2. The fourth-order valence-electron chi connectivity index (χ4n) is 2.26. The molecule has 0 aliphatic rings. The molecule has 3 rings (SSSR count). The normalized spacial score (nSPS) is 11.7. The molecule has 0 unspecified atom stereocenters. The largest absolute Gasteiger partial charge is 0.355 e. The third-order valence-corrected chi connectivity index (χ3v) is 6.69. The molecule has 1 N–H and O–H groups in total. The lowest BCUT2D eigenvalue weighted by Crippen LogP contribution is -2.13. The van der Waals surface area contributed by atoms with E-state index in [2.05, 4.69) is 9.88 Å². The van der Waals surface area contributed by atoms with Crippen molar-refractivity contribution in [3.63, 3.8) is 0 Å². The number of hydrogen-bond acceptors (Lipinski definition) is 5. The van der Waals surface area contributed by atoms with Crippen LogP contribution in [0.15, 0.2) is 33.7 Å². The van der Waals surface area contributed by atoms with Crippen molar-refractivity contribution in [3.05, 3.63) is 51.2 Å². The van der Waals surface area contributed by atoms with E-state index < -0.39 is 15.8 Å². The van der Waals surface area contributed by atoms with Gasteiger partial charge in [-0.3, -0.25) is 4.72 Å². The molecule has 25 heavy (non-hydrogen) atoms. The van der Waals surface area contributed by atoms with Crippen LogP contribution in [0, 0.1) is 26.6 Å². The number of nitrogens with zero attached hydrogens (tertiary/aromatic N) is 1. The van der Waals surface area contributed by atoms with Crippen molar-refractivity contribution in [2.75, 3.05) is 4.72 Å². The van der Waals surface area contributed by atoms with Crippen LogP contribution in [-0.4, -0.2) is 13.6 Å². The van der Waals surface area contributed by atoms with Gasteiger partial charge in [-0.15, -0.1) is 11.3 Å². The van der Waals surface area contributed by atoms with E-state index in [1.165, 1.54) is 23.5 Å². The quantitative estimate of drug-likeness (QED) is 0.674. The zero-order chi connectivity index (χ0) is 18.4. The summed E-state index contributed by atoms with van der Waals surface area (Å²) < 4.78 is 46.3. The highest BCUT2D eigenvalue weighted by Crippen LogP contribution is 2.36. The Hall–Kier alpha value is -1.90. The average Bonchev–Trinajstić information content (AvgIpc) is 3.07. The Bertz CT molecular complexity index is 1060. The molecule has 0 fully saturated rings. The fraction of sp³-hybridized carbons (Fsp3) is 0.188. The first kappa shape index (κ1) is 17.9. The Labute approximate surface area is 153 Å². The molecule has 2 aromatic heterocycles. The predicted molar refractivity (Wildman–Crippen MR) is 96.2 cm³/mol. The van der Waals surface area contributed by atoms with Crippen LogP contribution in [0.25, 0.3) is 10.6 Å². The molecule has 0 saturated carbocycles. The molecule has 0 aliphatic carbocycles. The van der Waals surface area contributed by atoms with Crippen LogP contribution >= 0.6 is 22.9 Å². The van der Waals surface area contributed by atoms with E-state index in [1.54, 1.807) is 13.0 Å². The Morgan fingerprint density at radius 2 is 1.96 bits per heavy atom. The third kappa shape index (κ3) is 3.42. The number of rotatable bonds is 4. The summed E-state index contributed by atoms with van der Waals surface area (Å²) in [5.74, 6) is -0.0633. The zero-order valence-corrected chi connectivity index (χ0v) is 15.9. The summed E-state index contributed by atoms with van der Waals surface area (Å²) in [5, 5.41) is 3.74. The van der Waals surface area contributed by atoms with Gasteiger partial charge in [0.15, 0.2) is 5.76 Å². The minimum atomic E-state index is -3.85. The number of sulfonamides is 1. The molecule has 2 heterocycles.